The van der Waals surface area contributed by atoms with Gasteiger partial charge in [-0.05, 0) is 131 Å². The first kappa shape index (κ1) is 36.0. The first-order valence-electron chi connectivity index (χ1n) is 18.6. The van der Waals surface area contributed by atoms with E-state index in [9.17, 15) is 13.2 Å². The lowest BCUT2D eigenvalue weighted by atomic mass is 9.64. The highest BCUT2D eigenvalue weighted by molar-refractivity contribution is 7.90. The van der Waals surface area contributed by atoms with Crippen LogP contribution in [0.3, 0.4) is 0 Å². The van der Waals surface area contributed by atoms with Gasteiger partial charge >= 0.3 is 0 Å². The molecule has 1 N–H and O–H groups in total. The average Bonchev–Trinajstić information content (AvgIpc) is 3.23. The molecule has 274 valence electrons. The van der Waals surface area contributed by atoms with Crippen LogP contribution in [-0.4, -0.2) is 83.8 Å². The number of nitrogens with one attached hydrogen (secondary N) is 1. The summed E-state index contributed by atoms with van der Waals surface area (Å²) < 4.78 is 49.4. The molecule has 2 aliphatic carbocycles. The molecule has 1 saturated heterocycles. The standard InChI is InChI=1S/C39H54ClN3O6S/c1-24-8-12-33(38-47-20-31(21-48-38)42(4)5)32-13-9-29(32)19-43-22-39(16-6-7-27-17-30(40)11-14-34(27)39)23-49-36-15-10-28(18-35(36)43)37(44)41-50(45,46)26(3)25(24)2/h10-11,14-15,17-18,24-26,29,31-33,38H,6-9,12-13,16,19-23H2,1-5H3,(H,41,44)/t24-,25-,26-,29+,31-,32-,33-,38+,39+/m1/s1. The number of likely N-dealkylation sites (N-methyl/N-ethyl adjacent to an activating group) is 1. The second kappa shape index (κ2) is 14.2. The van der Waals surface area contributed by atoms with E-state index < -0.39 is 21.2 Å². The minimum atomic E-state index is -3.94. The molecule has 50 heavy (non-hydrogen) atoms. The summed E-state index contributed by atoms with van der Waals surface area (Å²) in [7, 11) is 0.189. The molecule has 9 nitrogen and oxygen atoms in total. The zero-order chi connectivity index (χ0) is 35.4. The van der Waals surface area contributed by atoms with Crippen LogP contribution < -0.4 is 14.4 Å². The smallest absolute Gasteiger partial charge is 0.264 e. The fourth-order valence-corrected chi connectivity index (χ4v) is 10.9. The maximum Gasteiger partial charge on any atom is 0.264 e. The van der Waals surface area contributed by atoms with Crippen LogP contribution in [0.25, 0.3) is 0 Å². The summed E-state index contributed by atoms with van der Waals surface area (Å²) in [5.74, 6) is 1.10. The summed E-state index contributed by atoms with van der Waals surface area (Å²) in [6.07, 6.45) is 6.70. The Morgan fingerprint density at radius 1 is 0.980 bits per heavy atom. The van der Waals surface area contributed by atoms with Gasteiger partial charge in [-0.2, -0.15) is 0 Å². The number of halogens is 1. The Bertz CT molecular complexity index is 1680. The van der Waals surface area contributed by atoms with Crippen molar-refractivity contribution >= 4 is 33.2 Å². The van der Waals surface area contributed by atoms with Crippen molar-refractivity contribution in [3.63, 3.8) is 0 Å². The van der Waals surface area contributed by atoms with Crippen molar-refractivity contribution in [2.75, 3.05) is 51.9 Å². The molecule has 2 bridgehead atoms. The predicted molar refractivity (Wildman–Crippen MR) is 196 cm³/mol. The summed E-state index contributed by atoms with van der Waals surface area (Å²) in [5, 5.41) is 0.00682. The molecule has 2 aromatic rings. The molecule has 3 aliphatic heterocycles. The molecule has 11 heteroatoms. The Hall–Kier alpha value is -2.37. The van der Waals surface area contributed by atoms with Crippen molar-refractivity contribution in [2.24, 2.45) is 29.6 Å². The third-order valence-electron chi connectivity index (χ3n) is 13.1. The average molecular weight is 728 g/mol. The van der Waals surface area contributed by atoms with Gasteiger partial charge in [0.05, 0.1) is 36.8 Å². The molecule has 5 aliphatic rings. The van der Waals surface area contributed by atoms with Gasteiger partial charge < -0.3 is 24.0 Å². The van der Waals surface area contributed by atoms with Gasteiger partial charge in [0.15, 0.2) is 6.29 Å². The Labute approximate surface area is 303 Å². The number of amides is 1. The second-order valence-corrected chi connectivity index (χ2v) is 18.7. The number of nitrogens with zero attached hydrogens (tertiary/aromatic N) is 2. The van der Waals surface area contributed by atoms with Gasteiger partial charge in [0.2, 0.25) is 10.0 Å². The number of rotatable bonds is 2. The molecule has 0 unspecified atom stereocenters. The molecule has 0 radical (unpaired) electrons. The molecule has 2 aromatic carbocycles. The van der Waals surface area contributed by atoms with Gasteiger partial charge in [0.1, 0.15) is 5.75 Å². The summed E-state index contributed by atoms with van der Waals surface area (Å²) >= 11 is 6.48. The second-order valence-electron chi connectivity index (χ2n) is 16.2. The Morgan fingerprint density at radius 2 is 1.74 bits per heavy atom. The summed E-state index contributed by atoms with van der Waals surface area (Å²) in [6, 6.07) is 11.9. The van der Waals surface area contributed by atoms with E-state index in [2.05, 4.69) is 47.7 Å². The molecule has 3 heterocycles. The van der Waals surface area contributed by atoms with E-state index in [-0.39, 0.29) is 35.5 Å². The third-order valence-corrected chi connectivity index (χ3v) is 15.2. The monoisotopic (exact) mass is 727 g/mol. The molecule has 0 aromatic heterocycles. The molecule has 1 amide bonds. The van der Waals surface area contributed by atoms with Crippen molar-refractivity contribution in [1.82, 2.24) is 9.62 Å². The lowest BCUT2D eigenvalue weighted by molar-refractivity contribution is -0.241. The van der Waals surface area contributed by atoms with Crippen molar-refractivity contribution in [2.45, 2.75) is 88.7 Å². The first-order chi connectivity index (χ1) is 23.8. The predicted octanol–water partition coefficient (Wildman–Crippen LogP) is 6.27. The fraction of sp³-hybridized carbons (Fsp3) is 0.667. The van der Waals surface area contributed by atoms with Crippen LogP contribution in [0.1, 0.15) is 80.8 Å². The third kappa shape index (κ3) is 6.92. The number of carbonyl (C=O) groups excluding carboxylic acids is 1. The van der Waals surface area contributed by atoms with E-state index in [4.69, 9.17) is 25.8 Å². The van der Waals surface area contributed by atoms with Gasteiger partial charge in [-0.15, -0.1) is 0 Å². The Morgan fingerprint density at radius 3 is 2.46 bits per heavy atom. The van der Waals surface area contributed by atoms with E-state index in [0.29, 0.717) is 37.2 Å². The molecular formula is C39H54ClN3O6S. The van der Waals surface area contributed by atoms with E-state index in [1.54, 1.807) is 13.0 Å². The van der Waals surface area contributed by atoms with Crippen LogP contribution in [0.15, 0.2) is 36.4 Å². The number of fused-ring (bicyclic) bond motifs is 4. The Kier molecular flexibility index (Phi) is 10.2. The fourth-order valence-electron chi connectivity index (χ4n) is 9.27. The van der Waals surface area contributed by atoms with Gasteiger partial charge in [-0.25, -0.2) is 13.1 Å². The van der Waals surface area contributed by atoms with E-state index in [0.717, 1.165) is 74.5 Å². The van der Waals surface area contributed by atoms with Crippen LogP contribution in [0.4, 0.5) is 5.69 Å². The number of hydrogen-bond donors (Lipinski definition) is 1. The van der Waals surface area contributed by atoms with Crippen molar-refractivity contribution in [3.8, 4) is 5.75 Å². The molecule has 1 spiro atoms. The molecule has 7 atom stereocenters. The van der Waals surface area contributed by atoms with Crippen LogP contribution >= 0.6 is 11.6 Å². The van der Waals surface area contributed by atoms with Crippen molar-refractivity contribution in [1.29, 1.82) is 0 Å². The highest BCUT2D eigenvalue weighted by atomic mass is 35.5. The largest absolute Gasteiger partial charge is 0.490 e. The SMILES string of the molecule is C[C@@H]1[C@H](C)CC[C@@H]([C@H]2OC[C@@H](N(C)C)CO2)[C@@H]2CC[C@H]2CN2C[C@@]3(CCCc4cc(Cl)ccc43)COc3ccc(cc32)C(=O)NS(=O)(=O)[C@@H]1C. The van der Waals surface area contributed by atoms with E-state index >= 15 is 0 Å². The minimum Gasteiger partial charge on any atom is -0.490 e. The minimum absolute atomic E-state index is 0.122. The number of anilines is 1. The van der Waals surface area contributed by atoms with Crippen LogP contribution in [0.2, 0.25) is 5.02 Å². The lowest BCUT2D eigenvalue weighted by Gasteiger charge is -2.49. The van der Waals surface area contributed by atoms with Crippen LogP contribution in [0.5, 0.6) is 5.75 Å². The Balaban J connectivity index is 1.28. The number of carbonyl (C=O) groups is 1. The lowest BCUT2D eigenvalue weighted by Crippen LogP contribution is -2.52. The van der Waals surface area contributed by atoms with Crippen LogP contribution in [0, 0.1) is 29.6 Å². The van der Waals surface area contributed by atoms with Gasteiger partial charge in [-0.3, -0.25) is 4.79 Å². The maximum absolute atomic E-state index is 13.6. The van der Waals surface area contributed by atoms with Crippen LogP contribution in [-0.2, 0) is 31.3 Å². The number of aryl methyl sites for hydroxylation is 1. The van der Waals surface area contributed by atoms with Gasteiger partial charge in [0.25, 0.3) is 5.91 Å². The first-order valence-corrected chi connectivity index (χ1v) is 20.5. The number of ether oxygens (including phenoxy) is 3. The number of sulfonamides is 1. The highest BCUT2D eigenvalue weighted by Gasteiger charge is 2.47. The summed E-state index contributed by atoms with van der Waals surface area (Å²) in [5.41, 5.74) is 3.48. The number of hydrogen-bond acceptors (Lipinski definition) is 8. The van der Waals surface area contributed by atoms with Crippen molar-refractivity contribution in [3.05, 3.63) is 58.1 Å². The molecular weight excluding hydrogens is 674 g/mol. The molecule has 1 saturated carbocycles. The van der Waals surface area contributed by atoms with E-state index in [1.807, 2.05) is 25.1 Å². The van der Waals surface area contributed by atoms with Gasteiger partial charge in [0, 0.05) is 35.0 Å². The normalized spacial score (nSPS) is 36.0. The molecule has 7 rings (SSSR count). The maximum atomic E-state index is 13.6. The number of benzene rings is 2. The topological polar surface area (TPSA) is 97.4 Å². The van der Waals surface area contributed by atoms with E-state index in [1.165, 1.54) is 11.1 Å². The quantitative estimate of drug-likeness (QED) is 0.387. The zero-order valence-corrected chi connectivity index (χ0v) is 31.8. The molecule has 2 fully saturated rings. The van der Waals surface area contributed by atoms with Crippen molar-refractivity contribution < 1.29 is 27.4 Å². The summed E-state index contributed by atoms with van der Waals surface area (Å²) in [4.78, 5) is 18.2. The summed E-state index contributed by atoms with van der Waals surface area (Å²) in [6.45, 7) is 9.18. The van der Waals surface area contributed by atoms with Gasteiger partial charge in [-0.1, -0.05) is 31.5 Å². The highest BCUT2D eigenvalue weighted by Crippen LogP contribution is 2.49. The zero-order valence-electron chi connectivity index (χ0n) is 30.2.